The van der Waals surface area contributed by atoms with Crippen LogP contribution in [0.4, 0.5) is 5.69 Å². The highest BCUT2D eigenvalue weighted by Crippen LogP contribution is 2.24. The van der Waals surface area contributed by atoms with Crippen molar-refractivity contribution in [2.45, 2.75) is 51.4 Å². The monoisotopic (exact) mass is 235 g/mol. The molecular formula is C14H21NO2. The van der Waals surface area contributed by atoms with Crippen LogP contribution in [0.3, 0.4) is 0 Å². The van der Waals surface area contributed by atoms with E-state index in [1.54, 1.807) is 0 Å². The fourth-order valence-electron chi connectivity index (χ4n) is 2.22. The molecule has 0 radical (unpaired) electrons. The Hall–Kier alpha value is -1.22. The van der Waals surface area contributed by atoms with Gasteiger partial charge >= 0.3 is 0 Å². The second-order valence-electron chi connectivity index (χ2n) is 4.94. The average molecular weight is 235 g/mol. The topological polar surface area (TPSA) is 41.5 Å². The number of ether oxygens (including phenoxy) is 1. The first-order valence-electron chi connectivity index (χ1n) is 6.36. The van der Waals surface area contributed by atoms with Crippen molar-refractivity contribution in [1.29, 1.82) is 0 Å². The van der Waals surface area contributed by atoms with Crippen LogP contribution in [0.1, 0.15) is 33.1 Å². The third-order valence-corrected chi connectivity index (χ3v) is 3.06. The molecule has 1 aromatic rings. The van der Waals surface area contributed by atoms with E-state index in [2.05, 4.69) is 5.32 Å². The fraction of sp³-hybridized carbons (Fsp3) is 0.571. The summed E-state index contributed by atoms with van der Waals surface area (Å²) in [5.41, 5.74) is 1.05. The Morgan fingerprint density at radius 2 is 1.94 bits per heavy atom. The molecule has 17 heavy (non-hydrogen) atoms. The van der Waals surface area contributed by atoms with Crippen molar-refractivity contribution in [2.75, 3.05) is 5.32 Å². The van der Waals surface area contributed by atoms with Gasteiger partial charge in [0.1, 0.15) is 5.75 Å². The number of aliphatic hydroxyl groups is 1. The molecule has 2 atom stereocenters. The van der Waals surface area contributed by atoms with Gasteiger partial charge in [0.15, 0.2) is 0 Å². The maximum atomic E-state index is 9.74. The molecule has 0 heterocycles. The Kier molecular flexibility index (Phi) is 3.89. The Labute approximate surface area is 103 Å². The van der Waals surface area contributed by atoms with Gasteiger partial charge in [-0.25, -0.2) is 0 Å². The Morgan fingerprint density at radius 1 is 1.24 bits per heavy atom. The molecule has 0 aliphatic heterocycles. The third-order valence-electron chi connectivity index (χ3n) is 3.06. The lowest BCUT2D eigenvalue weighted by Crippen LogP contribution is -2.27. The van der Waals surface area contributed by atoms with Crippen molar-refractivity contribution in [3.8, 4) is 5.75 Å². The third kappa shape index (κ3) is 3.37. The second kappa shape index (κ2) is 5.41. The summed E-state index contributed by atoms with van der Waals surface area (Å²) < 4.78 is 5.58. The van der Waals surface area contributed by atoms with Gasteiger partial charge in [-0.15, -0.1) is 0 Å². The molecule has 0 bridgehead atoms. The number of anilines is 1. The van der Waals surface area contributed by atoms with E-state index in [0.29, 0.717) is 0 Å². The molecule has 0 amide bonds. The first kappa shape index (κ1) is 12.2. The molecule has 1 aliphatic rings. The zero-order valence-electron chi connectivity index (χ0n) is 10.5. The number of nitrogens with one attached hydrogen (secondary N) is 1. The summed E-state index contributed by atoms with van der Waals surface area (Å²) >= 11 is 0. The molecule has 1 aliphatic carbocycles. The quantitative estimate of drug-likeness (QED) is 0.843. The Bertz CT molecular complexity index is 348. The molecule has 0 spiro atoms. The molecule has 94 valence electrons. The van der Waals surface area contributed by atoms with E-state index in [-0.39, 0.29) is 18.2 Å². The summed E-state index contributed by atoms with van der Waals surface area (Å²) in [6.07, 6.45) is 3.05. The van der Waals surface area contributed by atoms with Crippen LogP contribution in [0.5, 0.6) is 5.75 Å². The highest BCUT2D eigenvalue weighted by molar-refractivity contribution is 5.47. The van der Waals surface area contributed by atoms with E-state index in [9.17, 15) is 5.11 Å². The maximum absolute atomic E-state index is 9.74. The summed E-state index contributed by atoms with van der Waals surface area (Å²) in [5.74, 6) is 0.887. The maximum Gasteiger partial charge on any atom is 0.119 e. The number of benzene rings is 1. The largest absolute Gasteiger partial charge is 0.491 e. The standard InChI is InChI=1S/C14H21NO2/c1-10(2)17-12-8-6-11(7-9-12)15-13-4-3-5-14(13)16/h6-10,13-16H,3-5H2,1-2H3. The summed E-state index contributed by atoms with van der Waals surface area (Å²) in [7, 11) is 0. The highest BCUT2D eigenvalue weighted by atomic mass is 16.5. The van der Waals surface area contributed by atoms with Crippen molar-refractivity contribution >= 4 is 5.69 Å². The van der Waals surface area contributed by atoms with Gasteiger partial charge in [-0.3, -0.25) is 0 Å². The molecule has 0 aromatic heterocycles. The zero-order valence-corrected chi connectivity index (χ0v) is 10.5. The van der Waals surface area contributed by atoms with E-state index in [4.69, 9.17) is 4.74 Å². The van der Waals surface area contributed by atoms with E-state index >= 15 is 0 Å². The molecular weight excluding hydrogens is 214 g/mol. The van der Waals surface area contributed by atoms with Gasteiger partial charge in [-0.05, 0) is 57.4 Å². The van der Waals surface area contributed by atoms with E-state index < -0.39 is 0 Å². The van der Waals surface area contributed by atoms with Gasteiger partial charge in [-0.1, -0.05) is 0 Å². The van der Waals surface area contributed by atoms with Crippen LogP contribution in [0.25, 0.3) is 0 Å². The van der Waals surface area contributed by atoms with Crippen LogP contribution in [0.2, 0.25) is 0 Å². The van der Waals surface area contributed by atoms with Crippen LogP contribution in [0, 0.1) is 0 Å². The van der Waals surface area contributed by atoms with Crippen molar-refractivity contribution < 1.29 is 9.84 Å². The zero-order chi connectivity index (χ0) is 12.3. The average Bonchev–Trinajstić information content (AvgIpc) is 2.67. The van der Waals surface area contributed by atoms with Gasteiger partial charge in [0.25, 0.3) is 0 Å². The minimum absolute atomic E-state index is 0.200. The molecule has 1 fully saturated rings. The first-order valence-corrected chi connectivity index (χ1v) is 6.36. The SMILES string of the molecule is CC(C)Oc1ccc(NC2CCCC2O)cc1. The van der Waals surface area contributed by atoms with Gasteiger partial charge in [-0.2, -0.15) is 0 Å². The number of hydrogen-bond acceptors (Lipinski definition) is 3. The summed E-state index contributed by atoms with van der Waals surface area (Å²) in [4.78, 5) is 0. The van der Waals surface area contributed by atoms with Crippen LogP contribution in [-0.4, -0.2) is 23.4 Å². The first-order chi connectivity index (χ1) is 8.15. The molecule has 1 aromatic carbocycles. The number of rotatable bonds is 4. The van der Waals surface area contributed by atoms with Gasteiger partial charge in [0.05, 0.1) is 18.2 Å². The predicted molar refractivity (Wildman–Crippen MR) is 69.5 cm³/mol. The van der Waals surface area contributed by atoms with Crippen molar-refractivity contribution in [1.82, 2.24) is 0 Å². The minimum atomic E-state index is -0.207. The lowest BCUT2D eigenvalue weighted by atomic mass is 10.2. The summed E-state index contributed by atoms with van der Waals surface area (Å²) in [5, 5.41) is 13.1. The summed E-state index contributed by atoms with van der Waals surface area (Å²) in [6.45, 7) is 4.03. The smallest absolute Gasteiger partial charge is 0.119 e. The van der Waals surface area contributed by atoms with Crippen LogP contribution in [0.15, 0.2) is 24.3 Å². The van der Waals surface area contributed by atoms with Crippen LogP contribution < -0.4 is 10.1 Å². The van der Waals surface area contributed by atoms with Crippen LogP contribution >= 0.6 is 0 Å². The van der Waals surface area contributed by atoms with E-state index in [0.717, 1.165) is 30.7 Å². The molecule has 1 saturated carbocycles. The minimum Gasteiger partial charge on any atom is -0.491 e. The highest BCUT2D eigenvalue weighted by Gasteiger charge is 2.24. The Morgan fingerprint density at radius 3 is 2.47 bits per heavy atom. The van der Waals surface area contributed by atoms with Crippen molar-refractivity contribution in [3.05, 3.63) is 24.3 Å². The van der Waals surface area contributed by atoms with E-state index in [1.165, 1.54) is 0 Å². The number of aliphatic hydroxyl groups excluding tert-OH is 1. The molecule has 2 N–H and O–H groups in total. The Balaban J connectivity index is 1.93. The van der Waals surface area contributed by atoms with Gasteiger partial charge in [0, 0.05) is 5.69 Å². The van der Waals surface area contributed by atoms with Crippen molar-refractivity contribution in [2.24, 2.45) is 0 Å². The lowest BCUT2D eigenvalue weighted by molar-refractivity contribution is 0.172. The predicted octanol–water partition coefficient (Wildman–Crippen LogP) is 2.80. The van der Waals surface area contributed by atoms with Crippen molar-refractivity contribution in [3.63, 3.8) is 0 Å². The van der Waals surface area contributed by atoms with Gasteiger partial charge in [0.2, 0.25) is 0 Å². The second-order valence-corrected chi connectivity index (χ2v) is 4.94. The summed E-state index contributed by atoms with van der Waals surface area (Å²) in [6, 6.07) is 8.13. The molecule has 3 nitrogen and oxygen atoms in total. The molecule has 0 saturated heterocycles. The molecule has 3 heteroatoms. The lowest BCUT2D eigenvalue weighted by Gasteiger charge is -2.18. The van der Waals surface area contributed by atoms with E-state index in [1.807, 2.05) is 38.1 Å². The molecule has 2 rings (SSSR count). The van der Waals surface area contributed by atoms with Gasteiger partial charge < -0.3 is 15.2 Å². The number of hydrogen-bond donors (Lipinski definition) is 2. The normalized spacial score (nSPS) is 24.0. The fourth-order valence-corrected chi connectivity index (χ4v) is 2.22. The molecule has 2 unspecified atom stereocenters. The van der Waals surface area contributed by atoms with Crippen LogP contribution in [-0.2, 0) is 0 Å².